The molecule has 13 aliphatic rings. The number of β-amino-alcohol motifs (C(OH)–C–C–N with tert-alkyl or cyclic N) is 1. The van der Waals surface area contributed by atoms with Gasteiger partial charge in [0.05, 0.1) is 45.0 Å². The molecule has 0 aromatic heterocycles. The highest BCUT2D eigenvalue weighted by Gasteiger charge is 2.39. The highest BCUT2D eigenvalue weighted by Crippen LogP contribution is 2.31. The standard InChI is InChI=1S/C14H26N2.C13H24N2.C12H22N2.C11H22N2O.C11H22N2.C11H24N2.C11H22N2.C11H20N2.C10H22N2O.C9H18N2O.C9H20N2/c1-5-6-7-8-9-15-10-12-16(13-11-15)14(2,3)4;1-5-6-7-8-14-9-11-15(12-10-14)13(2,3)4;1-6-11(2)13-7-9-14(10-8-13)12(3,4)5;1-11(2,3)13-6-4-12(5-7-13)10-8-14-9-10;1-11(2,3)13-8-6-12(7-9-13)10-4-5-10;1-10(2)12-6-8-13(9-7-12)11(3,4)5;2*1-5-6-12-7-9-13(10-8-12)11(2,3)4;1-10(2,3)12-6-4-11(5-7-12)8-9-13;1-9(2,3)11-6-5-10(4)8(12)7-11;1-9(2,3)11-7-5-10(4)6-8-11/h1H,6-13H2,2-4H3;1H,6-12H2,2-4H3;1,11H,7-10H2,2-5H3;10H,4-9H2,1-3H3;10H,4-9H2,1-3H3;10H,6-9H2,1-5H3;5H,1,6-10H2,2-4H3;1H,6-10H2,2-4H3;13H,4-9H2,1-3H3;5-7H2,1-4H3;5-8H2,1-4H3. The van der Waals surface area contributed by atoms with Crippen molar-refractivity contribution in [2.45, 2.75) is 379 Å². The average molecular weight is 2070 g/mol. The molecule has 12 aliphatic heterocycles. The Kier molecular flexibility index (Phi) is 62.1. The number of carbonyl (C=O) groups is 1. The van der Waals surface area contributed by atoms with Gasteiger partial charge in [-0.3, -0.25) is 93.0 Å². The van der Waals surface area contributed by atoms with Crippen molar-refractivity contribution in [2.24, 2.45) is 0 Å². The van der Waals surface area contributed by atoms with Crippen LogP contribution in [0.25, 0.3) is 0 Å². The van der Waals surface area contributed by atoms with E-state index >= 15 is 0 Å². The molecule has 13 fully saturated rings. The van der Waals surface area contributed by atoms with Gasteiger partial charge in [-0.05, 0) is 301 Å². The van der Waals surface area contributed by atoms with E-state index in [2.05, 4.69) is 389 Å². The molecular formula is C122H242N22O3. The number of hydrogen-bond acceptors (Lipinski definition) is 24. The van der Waals surface area contributed by atoms with Crippen LogP contribution in [-0.4, -0.2) is 552 Å². The highest BCUT2D eigenvalue weighted by molar-refractivity contribution is 5.78. The van der Waals surface area contributed by atoms with E-state index in [1.54, 1.807) is 4.90 Å². The van der Waals surface area contributed by atoms with E-state index in [1.807, 2.05) is 13.1 Å². The molecule has 1 saturated carbocycles. The number of unbranched alkanes of at least 4 members (excludes halogenated alkanes) is 3. The normalized spacial score (nSPS) is 22.8. The number of nitrogens with zero attached hydrogens (tertiary/aromatic N) is 22. The van der Waals surface area contributed by atoms with Gasteiger partial charge in [0.25, 0.3) is 0 Å². The van der Waals surface area contributed by atoms with Crippen LogP contribution in [0.4, 0.5) is 0 Å². The van der Waals surface area contributed by atoms with Crippen LogP contribution >= 0.6 is 0 Å². The summed E-state index contributed by atoms with van der Waals surface area (Å²) < 4.78 is 5.23. The number of likely N-dealkylation sites (N-methyl/N-ethyl adjacent to an activating group) is 2. The van der Waals surface area contributed by atoms with E-state index in [-0.39, 0.29) is 24.1 Å². The van der Waals surface area contributed by atoms with Gasteiger partial charge in [0.15, 0.2) is 0 Å². The molecule has 25 heteroatoms. The van der Waals surface area contributed by atoms with Crippen LogP contribution in [-0.2, 0) is 9.53 Å². The molecule has 25 nitrogen and oxygen atoms in total. The summed E-state index contributed by atoms with van der Waals surface area (Å²) in [5.41, 5.74) is 3.43. The fourth-order valence-corrected chi connectivity index (χ4v) is 20.5. The molecule has 1 aliphatic carbocycles. The van der Waals surface area contributed by atoms with Gasteiger partial charge < -0.3 is 29.4 Å². The monoisotopic (exact) mass is 2060 g/mol. The van der Waals surface area contributed by atoms with Crippen LogP contribution in [0.1, 0.15) is 294 Å². The van der Waals surface area contributed by atoms with E-state index in [9.17, 15) is 4.79 Å². The Hall–Kier alpha value is -3.47. The second-order valence-corrected chi connectivity index (χ2v) is 55.1. The Morgan fingerprint density at radius 3 is 0.850 bits per heavy atom. The Balaban J connectivity index is 0.000000416. The minimum Gasteiger partial charge on any atom is -0.395 e. The predicted octanol–water partition coefficient (Wildman–Crippen LogP) is 14.2. The van der Waals surface area contributed by atoms with Crippen LogP contribution in [0.3, 0.4) is 0 Å². The van der Waals surface area contributed by atoms with Crippen molar-refractivity contribution in [3.05, 3.63) is 12.7 Å². The zero-order valence-electron chi connectivity index (χ0n) is 104. The number of aliphatic hydroxyl groups is 1. The molecule has 858 valence electrons. The third-order valence-electron chi connectivity index (χ3n) is 32.2. The van der Waals surface area contributed by atoms with Crippen molar-refractivity contribution in [3.8, 4) is 49.4 Å². The molecule has 0 aromatic carbocycles. The SMILES string of the molecule is C#CC(C)N1CCN(C(C)(C)C)CC1.C#CCCCCN1CCN(C(C)(C)C)CC1.C#CCCCN1CCN(C(C)(C)C)CC1.C#CCN1CCN(C(C)(C)C)CC1.C=CCN1CCN(C(C)(C)C)CC1.CC(C)(C)N1CCN(C2CC2)CC1.CC(C)(C)N1CCN(C2COC2)CC1.CC(C)(C)N1CCN(CCO)CC1.CC(C)N1CCN(C(C)(C)C)CC1.CN1CCN(C(C)(C)C)CC1.CN1CCN(C(C)(C)C)CC1=O. The molecule has 0 aromatic rings. The number of rotatable bonds is 16. The second-order valence-electron chi connectivity index (χ2n) is 55.1. The first-order valence-corrected chi connectivity index (χ1v) is 58.4. The Morgan fingerprint density at radius 1 is 0.320 bits per heavy atom. The Morgan fingerprint density at radius 2 is 0.585 bits per heavy atom. The molecule has 13 rings (SSSR count). The minimum atomic E-state index is 0.122. The molecule has 1 unspecified atom stereocenters. The Bertz CT molecular complexity index is 3560. The molecule has 147 heavy (non-hydrogen) atoms. The summed E-state index contributed by atoms with van der Waals surface area (Å²) in [5.74, 6) is 11.1. The zero-order chi connectivity index (χ0) is 111. The van der Waals surface area contributed by atoms with Gasteiger partial charge in [0.2, 0.25) is 5.91 Å². The number of hydrogen-bond donors (Lipinski definition) is 1. The fraction of sp³-hybridized carbons (Fsp3) is 0.910. The van der Waals surface area contributed by atoms with Crippen LogP contribution in [0.2, 0.25) is 0 Å². The van der Waals surface area contributed by atoms with E-state index < -0.39 is 0 Å². The fourth-order valence-electron chi connectivity index (χ4n) is 20.5. The van der Waals surface area contributed by atoms with Crippen molar-refractivity contribution in [2.75, 3.05) is 348 Å². The molecule has 1 atom stereocenters. The molecule has 1 amide bonds. The highest BCUT2D eigenvalue weighted by atomic mass is 16.5. The topological polar surface area (TPSA) is 118 Å². The van der Waals surface area contributed by atoms with Crippen molar-refractivity contribution in [1.82, 2.24) is 108 Å². The van der Waals surface area contributed by atoms with E-state index in [4.69, 9.17) is 35.5 Å². The Labute approximate surface area is 912 Å². The van der Waals surface area contributed by atoms with Gasteiger partial charge in [-0.15, -0.1) is 44.1 Å². The number of terminal acetylenes is 4. The number of piperazine rings is 11. The number of carbonyl (C=O) groups excluding carboxylic acids is 1. The molecule has 0 radical (unpaired) electrons. The predicted molar refractivity (Wildman–Crippen MR) is 636 cm³/mol. The molecule has 12 saturated heterocycles. The summed E-state index contributed by atoms with van der Waals surface area (Å²) in [7, 11) is 4.06. The number of amides is 1. The maximum absolute atomic E-state index is 11.3. The van der Waals surface area contributed by atoms with Gasteiger partial charge in [0.1, 0.15) is 0 Å². The molecule has 0 spiro atoms. The van der Waals surface area contributed by atoms with Crippen molar-refractivity contribution in [1.29, 1.82) is 0 Å². The first-order valence-electron chi connectivity index (χ1n) is 58.4. The lowest BCUT2D eigenvalue weighted by atomic mass is 10.0. The van der Waals surface area contributed by atoms with Gasteiger partial charge in [-0.25, -0.2) is 0 Å². The van der Waals surface area contributed by atoms with Gasteiger partial charge in [-0.1, -0.05) is 17.9 Å². The lowest BCUT2D eigenvalue weighted by molar-refractivity contribution is -0.136. The van der Waals surface area contributed by atoms with Gasteiger partial charge in [0, 0.05) is 381 Å². The lowest BCUT2D eigenvalue weighted by Gasteiger charge is -2.46. The smallest absolute Gasteiger partial charge is 0.236 e. The molecule has 1 N–H and O–H groups in total. The first kappa shape index (κ1) is 138. The van der Waals surface area contributed by atoms with Gasteiger partial charge in [-0.2, -0.15) is 0 Å². The molecule has 0 bridgehead atoms. The second kappa shape index (κ2) is 66.3. The van der Waals surface area contributed by atoms with Gasteiger partial charge >= 0.3 is 0 Å². The summed E-state index contributed by atoms with van der Waals surface area (Å²) in [5, 5.41) is 8.79. The maximum Gasteiger partial charge on any atom is 0.236 e. The van der Waals surface area contributed by atoms with E-state index in [1.165, 1.54) is 222 Å². The van der Waals surface area contributed by atoms with Crippen molar-refractivity contribution < 1.29 is 14.6 Å². The first-order chi connectivity index (χ1) is 68.1. The van der Waals surface area contributed by atoms with E-state index in [0.29, 0.717) is 68.0 Å². The van der Waals surface area contributed by atoms with Crippen molar-refractivity contribution in [3.63, 3.8) is 0 Å². The van der Waals surface area contributed by atoms with E-state index in [0.717, 1.165) is 156 Å². The molecular weight excluding hydrogens is 1820 g/mol. The summed E-state index contributed by atoms with van der Waals surface area (Å²) in [6.45, 7) is 143. The summed E-state index contributed by atoms with van der Waals surface area (Å²) in [6.07, 6.45) is 31.5. The minimum absolute atomic E-state index is 0.122. The third-order valence-corrected chi connectivity index (χ3v) is 32.2. The average Bonchev–Trinajstić information content (AvgIpc) is 1.64. The summed E-state index contributed by atoms with van der Waals surface area (Å²) >= 11 is 0. The van der Waals surface area contributed by atoms with Crippen LogP contribution in [0, 0.1) is 49.4 Å². The summed E-state index contributed by atoms with van der Waals surface area (Å²) in [6, 6.07) is 2.68. The maximum atomic E-state index is 11.3. The summed E-state index contributed by atoms with van der Waals surface area (Å²) in [4.78, 5) is 65.6. The largest absolute Gasteiger partial charge is 0.395 e. The zero-order valence-corrected chi connectivity index (χ0v) is 104. The quantitative estimate of drug-likeness (QED) is 0.0896. The van der Waals surface area contributed by atoms with Crippen molar-refractivity contribution >= 4 is 5.91 Å². The molecule has 12 heterocycles. The lowest BCUT2D eigenvalue weighted by Crippen LogP contribution is -2.59. The number of ether oxygens (including phenoxy) is 1. The third kappa shape index (κ3) is 56.8. The van der Waals surface area contributed by atoms with Crippen LogP contribution in [0.15, 0.2) is 12.7 Å². The number of aliphatic hydroxyl groups excluding tert-OH is 1. The van der Waals surface area contributed by atoms with Crippen LogP contribution < -0.4 is 0 Å². The van der Waals surface area contributed by atoms with Crippen LogP contribution in [0.5, 0.6) is 0 Å².